The fraction of sp³-hybridized carbons (Fsp3) is 0.588. The number of rotatable bonds is 4. The first kappa shape index (κ1) is 16.6. The summed E-state index contributed by atoms with van der Waals surface area (Å²) in [6, 6.07) is 7.75. The number of carbonyl (C=O) groups excluding carboxylic acids is 1. The van der Waals surface area contributed by atoms with Crippen molar-refractivity contribution in [1.82, 2.24) is 15.1 Å². The summed E-state index contributed by atoms with van der Waals surface area (Å²) in [4.78, 5) is 16.7. The number of nitrogens with one attached hydrogen (secondary N) is 1. The highest BCUT2D eigenvalue weighted by molar-refractivity contribution is 7.99. The molecule has 0 radical (unpaired) electrons. The van der Waals surface area contributed by atoms with Crippen molar-refractivity contribution in [3.8, 4) is 5.75 Å². The number of aromatic hydroxyl groups is 1. The van der Waals surface area contributed by atoms with Gasteiger partial charge in [0.25, 0.3) is 0 Å². The van der Waals surface area contributed by atoms with E-state index < -0.39 is 0 Å². The van der Waals surface area contributed by atoms with E-state index in [0.29, 0.717) is 18.2 Å². The van der Waals surface area contributed by atoms with E-state index in [1.54, 1.807) is 6.07 Å². The van der Waals surface area contributed by atoms with E-state index in [-0.39, 0.29) is 5.91 Å². The minimum absolute atomic E-state index is 0.280. The lowest BCUT2D eigenvalue weighted by molar-refractivity contribution is -0.133. The minimum Gasteiger partial charge on any atom is -0.508 e. The third-order valence-corrected chi connectivity index (χ3v) is 5.59. The molecule has 23 heavy (non-hydrogen) atoms. The maximum Gasteiger partial charge on any atom is 0.224 e. The lowest BCUT2D eigenvalue weighted by Crippen LogP contribution is -2.50. The molecule has 3 rings (SSSR count). The molecule has 2 fully saturated rings. The van der Waals surface area contributed by atoms with E-state index in [1.165, 1.54) is 0 Å². The van der Waals surface area contributed by atoms with Crippen molar-refractivity contribution >= 4 is 17.7 Å². The Hall–Kier alpha value is -1.24. The average Bonchev–Trinajstić information content (AvgIpc) is 2.56. The van der Waals surface area contributed by atoms with Crippen LogP contribution in [0.1, 0.15) is 12.0 Å². The Kier molecular flexibility index (Phi) is 5.80. The van der Waals surface area contributed by atoms with Gasteiger partial charge in [-0.25, -0.2) is 0 Å². The van der Waals surface area contributed by atoms with Crippen LogP contribution in [0, 0.1) is 0 Å². The fourth-order valence-corrected chi connectivity index (χ4v) is 4.11. The molecular formula is C17H25N3O2S. The molecule has 0 aromatic heterocycles. The zero-order valence-corrected chi connectivity index (χ0v) is 14.2. The summed E-state index contributed by atoms with van der Waals surface area (Å²) in [5.41, 5.74) is 1.12. The number of carbonyl (C=O) groups is 1. The summed E-state index contributed by atoms with van der Waals surface area (Å²) >= 11 is 1.93. The molecule has 1 amide bonds. The van der Waals surface area contributed by atoms with Crippen LogP contribution in [-0.2, 0) is 11.3 Å². The van der Waals surface area contributed by atoms with E-state index in [4.69, 9.17) is 0 Å². The first-order valence-electron chi connectivity index (χ1n) is 8.30. The highest BCUT2D eigenvalue weighted by Gasteiger charge is 2.24. The normalized spacial score (nSPS) is 23.0. The molecule has 0 bridgehead atoms. The monoisotopic (exact) mass is 335 g/mol. The summed E-state index contributed by atoms with van der Waals surface area (Å²) in [7, 11) is 0. The van der Waals surface area contributed by atoms with Crippen molar-refractivity contribution < 1.29 is 9.90 Å². The summed E-state index contributed by atoms with van der Waals surface area (Å²) in [5.74, 6) is 2.79. The number of amides is 1. The Morgan fingerprint density at radius 3 is 2.83 bits per heavy atom. The van der Waals surface area contributed by atoms with Gasteiger partial charge in [0.05, 0.1) is 0 Å². The molecule has 2 heterocycles. The van der Waals surface area contributed by atoms with E-state index in [0.717, 1.165) is 56.3 Å². The van der Waals surface area contributed by atoms with Crippen LogP contribution in [0.2, 0.25) is 0 Å². The molecule has 1 aromatic carbocycles. The number of piperazine rings is 1. The number of hydrogen-bond donors (Lipinski definition) is 2. The number of hydrogen-bond acceptors (Lipinski definition) is 5. The quantitative estimate of drug-likeness (QED) is 0.864. The molecule has 0 saturated carbocycles. The van der Waals surface area contributed by atoms with Gasteiger partial charge in [0.1, 0.15) is 5.75 Å². The summed E-state index contributed by atoms with van der Waals surface area (Å²) < 4.78 is 0. The molecule has 2 aliphatic heterocycles. The van der Waals surface area contributed by atoms with Gasteiger partial charge in [-0.15, -0.1) is 0 Å². The van der Waals surface area contributed by atoms with E-state index in [2.05, 4.69) is 10.2 Å². The third kappa shape index (κ3) is 4.86. The van der Waals surface area contributed by atoms with E-state index in [1.807, 2.05) is 34.9 Å². The van der Waals surface area contributed by atoms with Crippen LogP contribution in [0.15, 0.2) is 24.3 Å². The first-order chi connectivity index (χ1) is 11.2. The lowest BCUT2D eigenvalue weighted by atomic mass is 10.1. The molecule has 5 nitrogen and oxygen atoms in total. The summed E-state index contributed by atoms with van der Waals surface area (Å²) in [5, 5.41) is 13.0. The lowest BCUT2D eigenvalue weighted by Gasteiger charge is -2.35. The fourth-order valence-electron chi connectivity index (χ4n) is 3.16. The smallest absolute Gasteiger partial charge is 0.224 e. The van der Waals surface area contributed by atoms with Gasteiger partial charge in [-0.2, -0.15) is 11.8 Å². The predicted molar refractivity (Wildman–Crippen MR) is 93.7 cm³/mol. The van der Waals surface area contributed by atoms with Crippen molar-refractivity contribution in [2.45, 2.75) is 19.0 Å². The SMILES string of the molecule is O=C(CC1CSCCN1)N1CCN(Cc2cccc(O)c2)CC1. The summed E-state index contributed by atoms with van der Waals surface area (Å²) in [6.45, 7) is 5.25. The Balaban J connectivity index is 1.43. The molecule has 6 heteroatoms. The maximum absolute atomic E-state index is 12.4. The van der Waals surface area contributed by atoms with Gasteiger partial charge in [0.2, 0.25) is 5.91 Å². The number of nitrogens with zero attached hydrogens (tertiary/aromatic N) is 2. The van der Waals surface area contributed by atoms with Crippen LogP contribution in [0.3, 0.4) is 0 Å². The Morgan fingerprint density at radius 2 is 2.13 bits per heavy atom. The Morgan fingerprint density at radius 1 is 1.30 bits per heavy atom. The molecule has 2 aliphatic rings. The molecular weight excluding hydrogens is 310 g/mol. The molecule has 0 aliphatic carbocycles. The molecule has 1 aromatic rings. The zero-order valence-electron chi connectivity index (χ0n) is 13.4. The van der Waals surface area contributed by atoms with Crippen LogP contribution in [0.4, 0.5) is 0 Å². The van der Waals surface area contributed by atoms with Crippen molar-refractivity contribution in [2.75, 3.05) is 44.2 Å². The molecule has 1 unspecified atom stereocenters. The third-order valence-electron chi connectivity index (χ3n) is 4.46. The number of phenolic OH excluding ortho intramolecular Hbond substituents is 1. The largest absolute Gasteiger partial charge is 0.508 e. The topological polar surface area (TPSA) is 55.8 Å². The summed E-state index contributed by atoms with van der Waals surface area (Å²) in [6.07, 6.45) is 0.625. The van der Waals surface area contributed by atoms with Gasteiger partial charge in [-0.05, 0) is 17.7 Å². The number of benzene rings is 1. The average molecular weight is 335 g/mol. The maximum atomic E-state index is 12.4. The predicted octanol–water partition coefficient (Wildman–Crippen LogP) is 1.13. The van der Waals surface area contributed by atoms with Crippen LogP contribution >= 0.6 is 11.8 Å². The molecule has 2 N–H and O–H groups in total. The second kappa shape index (κ2) is 8.04. The van der Waals surface area contributed by atoms with Gasteiger partial charge in [-0.1, -0.05) is 12.1 Å². The van der Waals surface area contributed by atoms with Crippen LogP contribution in [0.5, 0.6) is 5.75 Å². The molecule has 2 saturated heterocycles. The van der Waals surface area contributed by atoms with Gasteiger partial charge in [0, 0.05) is 63.2 Å². The van der Waals surface area contributed by atoms with E-state index >= 15 is 0 Å². The van der Waals surface area contributed by atoms with Crippen molar-refractivity contribution in [1.29, 1.82) is 0 Å². The first-order valence-corrected chi connectivity index (χ1v) is 9.45. The van der Waals surface area contributed by atoms with Crippen molar-refractivity contribution in [3.05, 3.63) is 29.8 Å². The van der Waals surface area contributed by atoms with Gasteiger partial charge in [0.15, 0.2) is 0 Å². The highest BCUT2D eigenvalue weighted by Crippen LogP contribution is 2.16. The van der Waals surface area contributed by atoms with Crippen LogP contribution < -0.4 is 5.32 Å². The van der Waals surface area contributed by atoms with Gasteiger partial charge in [-0.3, -0.25) is 9.69 Å². The second-order valence-corrected chi connectivity index (χ2v) is 7.41. The Labute approximate surface area is 142 Å². The zero-order chi connectivity index (χ0) is 16.1. The van der Waals surface area contributed by atoms with Crippen LogP contribution in [-0.4, -0.2) is 71.1 Å². The second-order valence-electron chi connectivity index (χ2n) is 6.26. The van der Waals surface area contributed by atoms with Crippen LogP contribution in [0.25, 0.3) is 0 Å². The standard InChI is InChI=1S/C17H25N3O2S/c21-16-3-1-2-14(10-16)12-19-5-7-20(8-6-19)17(22)11-15-13-23-9-4-18-15/h1-3,10,15,18,21H,4-9,11-13H2. The van der Waals surface area contributed by atoms with Crippen molar-refractivity contribution in [3.63, 3.8) is 0 Å². The van der Waals surface area contributed by atoms with Gasteiger partial charge < -0.3 is 15.3 Å². The molecule has 0 spiro atoms. The molecule has 126 valence electrons. The molecule has 1 atom stereocenters. The Bertz CT molecular complexity index is 526. The minimum atomic E-state index is 0.280. The van der Waals surface area contributed by atoms with E-state index in [9.17, 15) is 9.90 Å². The number of phenols is 1. The number of thioether (sulfide) groups is 1. The highest BCUT2D eigenvalue weighted by atomic mass is 32.2. The van der Waals surface area contributed by atoms with Gasteiger partial charge >= 0.3 is 0 Å². The van der Waals surface area contributed by atoms with Crippen molar-refractivity contribution in [2.24, 2.45) is 0 Å².